The molecule has 0 bridgehead atoms. The zero-order chi connectivity index (χ0) is 14.5. The number of methoxy groups -OCH3 is 1. The van der Waals surface area contributed by atoms with Crippen LogP contribution >= 0.6 is 12.4 Å². The molecule has 2 rings (SSSR count). The highest BCUT2D eigenvalue weighted by atomic mass is 35.5. The van der Waals surface area contributed by atoms with Crippen molar-refractivity contribution in [3.05, 3.63) is 11.3 Å². The lowest BCUT2D eigenvalue weighted by Crippen LogP contribution is -2.37. The third-order valence-corrected chi connectivity index (χ3v) is 4.25. The molecule has 0 unspecified atom stereocenters. The molecule has 1 aliphatic heterocycles. The third kappa shape index (κ3) is 4.59. The Balaban J connectivity index is 0.00000220. The predicted molar refractivity (Wildman–Crippen MR) is 88.3 cm³/mol. The number of hydrogen-bond acceptors (Lipinski definition) is 4. The fraction of sp³-hybridized carbons (Fsp3) is 0.800. The van der Waals surface area contributed by atoms with Crippen LogP contribution in [0.5, 0.6) is 5.88 Å². The van der Waals surface area contributed by atoms with Gasteiger partial charge in [-0.3, -0.25) is 4.90 Å². The molecule has 1 aromatic heterocycles. The van der Waals surface area contributed by atoms with Gasteiger partial charge in [0.05, 0.1) is 18.4 Å². The van der Waals surface area contributed by atoms with Crippen LogP contribution in [0.25, 0.3) is 0 Å². The second kappa shape index (κ2) is 8.61. The lowest BCUT2D eigenvalue weighted by Gasteiger charge is -2.32. The Morgan fingerprint density at radius 2 is 2.00 bits per heavy atom. The first-order valence-corrected chi connectivity index (χ1v) is 7.65. The van der Waals surface area contributed by atoms with Crippen LogP contribution in [0.2, 0.25) is 0 Å². The third-order valence-electron chi connectivity index (χ3n) is 4.25. The molecule has 0 aliphatic carbocycles. The standard InChI is InChI=1S/C15H28N4O.ClH/c1-5-16-10-13-6-8-19(9-7-13)11-14-12(2)17-18(3)15(14)20-4;/h13,16H,5-11H2,1-4H3;1H. The number of rotatable bonds is 6. The molecule has 0 aromatic carbocycles. The summed E-state index contributed by atoms with van der Waals surface area (Å²) >= 11 is 0. The summed E-state index contributed by atoms with van der Waals surface area (Å²) in [5.41, 5.74) is 2.32. The van der Waals surface area contributed by atoms with Crippen molar-refractivity contribution in [2.24, 2.45) is 13.0 Å². The molecule has 1 aromatic rings. The van der Waals surface area contributed by atoms with E-state index in [0.717, 1.165) is 30.6 Å². The maximum atomic E-state index is 5.48. The van der Waals surface area contributed by atoms with E-state index in [1.54, 1.807) is 7.11 Å². The Bertz CT molecular complexity index is 428. The van der Waals surface area contributed by atoms with Gasteiger partial charge in [0.15, 0.2) is 0 Å². The molecule has 0 amide bonds. The van der Waals surface area contributed by atoms with E-state index in [1.807, 2.05) is 11.7 Å². The van der Waals surface area contributed by atoms with Gasteiger partial charge in [0.25, 0.3) is 0 Å². The molecule has 0 saturated carbocycles. The quantitative estimate of drug-likeness (QED) is 0.871. The molecular formula is C15H29ClN4O. The number of ether oxygens (including phenoxy) is 1. The van der Waals surface area contributed by atoms with Crippen LogP contribution in [0, 0.1) is 12.8 Å². The molecule has 21 heavy (non-hydrogen) atoms. The number of nitrogens with zero attached hydrogens (tertiary/aromatic N) is 3. The molecule has 6 heteroatoms. The summed E-state index contributed by atoms with van der Waals surface area (Å²) in [6.07, 6.45) is 2.57. The van der Waals surface area contributed by atoms with Gasteiger partial charge in [0, 0.05) is 13.6 Å². The van der Waals surface area contributed by atoms with E-state index in [0.29, 0.717) is 0 Å². The highest BCUT2D eigenvalue weighted by Gasteiger charge is 2.22. The van der Waals surface area contributed by atoms with Gasteiger partial charge in [0.1, 0.15) is 0 Å². The lowest BCUT2D eigenvalue weighted by atomic mass is 9.96. The normalized spacial score (nSPS) is 16.8. The second-order valence-electron chi connectivity index (χ2n) is 5.72. The average Bonchev–Trinajstić information content (AvgIpc) is 2.72. The molecule has 1 N–H and O–H groups in total. The Hall–Kier alpha value is -0.780. The molecule has 0 atom stereocenters. The molecule has 0 radical (unpaired) electrons. The Morgan fingerprint density at radius 3 is 2.57 bits per heavy atom. The van der Waals surface area contributed by atoms with Crippen LogP contribution in [-0.4, -0.2) is 48.0 Å². The summed E-state index contributed by atoms with van der Waals surface area (Å²) < 4.78 is 7.31. The molecule has 122 valence electrons. The van der Waals surface area contributed by atoms with Crippen molar-refractivity contribution in [2.45, 2.75) is 33.2 Å². The van der Waals surface area contributed by atoms with Crippen molar-refractivity contribution in [2.75, 3.05) is 33.3 Å². The molecule has 1 saturated heterocycles. The van der Waals surface area contributed by atoms with E-state index < -0.39 is 0 Å². The maximum Gasteiger partial charge on any atom is 0.216 e. The van der Waals surface area contributed by atoms with Crippen molar-refractivity contribution in [1.82, 2.24) is 20.0 Å². The summed E-state index contributed by atoms with van der Waals surface area (Å²) in [6.45, 7) is 9.78. The summed E-state index contributed by atoms with van der Waals surface area (Å²) in [4.78, 5) is 2.52. The summed E-state index contributed by atoms with van der Waals surface area (Å²) in [6, 6.07) is 0. The Labute approximate surface area is 134 Å². The minimum absolute atomic E-state index is 0. The van der Waals surface area contributed by atoms with Gasteiger partial charge < -0.3 is 10.1 Å². The molecule has 1 fully saturated rings. The van der Waals surface area contributed by atoms with Crippen LogP contribution in [-0.2, 0) is 13.6 Å². The Kier molecular flexibility index (Phi) is 7.49. The van der Waals surface area contributed by atoms with Crippen LogP contribution in [0.15, 0.2) is 0 Å². The topological polar surface area (TPSA) is 42.3 Å². The van der Waals surface area contributed by atoms with Gasteiger partial charge >= 0.3 is 0 Å². The number of nitrogens with one attached hydrogen (secondary N) is 1. The van der Waals surface area contributed by atoms with Gasteiger partial charge in [0.2, 0.25) is 5.88 Å². The van der Waals surface area contributed by atoms with E-state index in [2.05, 4.69) is 29.2 Å². The van der Waals surface area contributed by atoms with E-state index >= 15 is 0 Å². The van der Waals surface area contributed by atoms with Crippen LogP contribution < -0.4 is 10.1 Å². The van der Waals surface area contributed by atoms with Gasteiger partial charge in [-0.25, -0.2) is 4.68 Å². The SMILES string of the molecule is CCNCC1CCN(Cc2c(C)nn(C)c2OC)CC1.Cl. The average molecular weight is 317 g/mol. The van der Waals surface area contributed by atoms with Crippen molar-refractivity contribution in [3.63, 3.8) is 0 Å². The summed E-state index contributed by atoms with van der Waals surface area (Å²) in [5, 5.41) is 7.92. The molecule has 5 nitrogen and oxygen atoms in total. The van der Waals surface area contributed by atoms with E-state index in [9.17, 15) is 0 Å². The number of aryl methyl sites for hydroxylation is 2. The van der Waals surface area contributed by atoms with Gasteiger partial charge in [-0.2, -0.15) is 5.10 Å². The molecular weight excluding hydrogens is 288 g/mol. The minimum Gasteiger partial charge on any atom is -0.481 e. The predicted octanol–water partition coefficient (Wildman–Crippen LogP) is 1.98. The highest BCUT2D eigenvalue weighted by Crippen LogP contribution is 2.25. The summed E-state index contributed by atoms with van der Waals surface area (Å²) in [7, 11) is 3.67. The number of halogens is 1. The van der Waals surface area contributed by atoms with E-state index in [-0.39, 0.29) is 12.4 Å². The zero-order valence-corrected chi connectivity index (χ0v) is 14.5. The minimum atomic E-state index is 0. The maximum absolute atomic E-state index is 5.48. The van der Waals surface area contributed by atoms with E-state index in [1.165, 1.54) is 38.0 Å². The zero-order valence-electron chi connectivity index (χ0n) is 13.7. The number of piperidine rings is 1. The summed E-state index contributed by atoms with van der Waals surface area (Å²) in [5.74, 6) is 1.74. The smallest absolute Gasteiger partial charge is 0.216 e. The van der Waals surface area contributed by atoms with Crippen molar-refractivity contribution in [1.29, 1.82) is 0 Å². The first-order valence-electron chi connectivity index (χ1n) is 7.65. The number of hydrogen-bond donors (Lipinski definition) is 1. The molecule has 2 heterocycles. The monoisotopic (exact) mass is 316 g/mol. The highest BCUT2D eigenvalue weighted by molar-refractivity contribution is 5.85. The number of likely N-dealkylation sites (tertiary alicyclic amines) is 1. The molecule has 0 spiro atoms. The molecule has 1 aliphatic rings. The van der Waals surface area contributed by atoms with Crippen LogP contribution in [0.1, 0.15) is 31.0 Å². The van der Waals surface area contributed by atoms with E-state index in [4.69, 9.17) is 4.74 Å². The van der Waals surface area contributed by atoms with Crippen LogP contribution in [0.3, 0.4) is 0 Å². The largest absolute Gasteiger partial charge is 0.481 e. The lowest BCUT2D eigenvalue weighted by molar-refractivity contribution is 0.174. The van der Waals surface area contributed by atoms with Gasteiger partial charge in [-0.1, -0.05) is 6.92 Å². The van der Waals surface area contributed by atoms with Gasteiger partial charge in [-0.15, -0.1) is 12.4 Å². The van der Waals surface area contributed by atoms with Gasteiger partial charge in [-0.05, 0) is 51.9 Å². The fourth-order valence-corrected chi connectivity index (χ4v) is 3.04. The van der Waals surface area contributed by atoms with Crippen molar-refractivity contribution < 1.29 is 4.74 Å². The Morgan fingerprint density at radius 1 is 1.33 bits per heavy atom. The van der Waals surface area contributed by atoms with Crippen molar-refractivity contribution in [3.8, 4) is 5.88 Å². The second-order valence-corrected chi connectivity index (χ2v) is 5.72. The van der Waals surface area contributed by atoms with Crippen molar-refractivity contribution >= 4 is 12.4 Å². The fourth-order valence-electron chi connectivity index (χ4n) is 3.04. The first kappa shape index (κ1) is 18.3. The van der Waals surface area contributed by atoms with Crippen LogP contribution in [0.4, 0.5) is 0 Å². The number of aromatic nitrogens is 2. The first-order chi connectivity index (χ1) is 9.65.